The first-order valence-electron chi connectivity index (χ1n) is 5.49. The number of methoxy groups -OCH3 is 2. The van der Waals surface area contributed by atoms with E-state index in [-0.39, 0.29) is 5.91 Å². The molecule has 1 N–H and O–H groups in total. The number of benzene rings is 1. The lowest BCUT2D eigenvalue weighted by atomic mass is 10.2. The summed E-state index contributed by atoms with van der Waals surface area (Å²) in [7, 11) is 3.14. The van der Waals surface area contributed by atoms with Crippen LogP contribution in [0, 0.1) is 0 Å². The smallest absolute Gasteiger partial charge is 0.236 e. The van der Waals surface area contributed by atoms with Gasteiger partial charge in [-0.1, -0.05) is 17.8 Å². The molecule has 19 heavy (non-hydrogen) atoms. The minimum absolute atomic E-state index is 0.0575. The lowest BCUT2D eigenvalue weighted by Gasteiger charge is -2.08. The highest BCUT2D eigenvalue weighted by atomic mass is 32.2. The van der Waals surface area contributed by atoms with Gasteiger partial charge < -0.3 is 14.8 Å². The fourth-order valence-corrected chi connectivity index (χ4v) is 2.17. The SMILES string of the molecule is COc1cccc(/C=N\N=C2NC(=O)CS2)c1OC. The van der Waals surface area contributed by atoms with Gasteiger partial charge in [-0.05, 0) is 12.1 Å². The molecule has 0 atom stereocenters. The highest BCUT2D eigenvalue weighted by Gasteiger charge is 2.16. The molecule has 1 aromatic rings. The van der Waals surface area contributed by atoms with Gasteiger partial charge in [0.1, 0.15) is 0 Å². The number of thioether (sulfide) groups is 1. The molecule has 0 saturated carbocycles. The van der Waals surface area contributed by atoms with E-state index < -0.39 is 0 Å². The Labute approximate surface area is 114 Å². The van der Waals surface area contributed by atoms with E-state index in [0.29, 0.717) is 22.4 Å². The number of hydrogen-bond donors (Lipinski definition) is 1. The largest absolute Gasteiger partial charge is 0.493 e. The molecule has 0 unspecified atom stereocenters. The molecule has 1 heterocycles. The second kappa shape index (κ2) is 6.24. The van der Waals surface area contributed by atoms with Crippen LogP contribution in [0.15, 0.2) is 28.4 Å². The molecule has 0 radical (unpaired) electrons. The van der Waals surface area contributed by atoms with Gasteiger partial charge in [0, 0.05) is 5.56 Å². The van der Waals surface area contributed by atoms with Gasteiger partial charge in [0.25, 0.3) is 0 Å². The van der Waals surface area contributed by atoms with Crippen LogP contribution in [0.2, 0.25) is 0 Å². The third-order valence-electron chi connectivity index (χ3n) is 2.37. The lowest BCUT2D eigenvalue weighted by Crippen LogP contribution is -2.19. The standard InChI is InChI=1S/C12H13N3O3S/c1-17-9-5-3-4-8(11(9)18-2)6-13-15-12-14-10(16)7-19-12/h3-6H,7H2,1-2H3,(H,14,15,16)/b13-6-. The van der Waals surface area contributed by atoms with Crippen LogP contribution >= 0.6 is 11.8 Å². The first-order valence-corrected chi connectivity index (χ1v) is 6.48. The second-order valence-corrected chi connectivity index (χ2v) is 4.53. The Morgan fingerprint density at radius 2 is 2.21 bits per heavy atom. The zero-order chi connectivity index (χ0) is 13.7. The maximum atomic E-state index is 11.0. The maximum Gasteiger partial charge on any atom is 0.236 e. The van der Waals surface area contributed by atoms with Crippen LogP contribution in [0.3, 0.4) is 0 Å². The Morgan fingerprint density at radius 1 is 1.37 bits per heavy atom. The van der Waals surface area contributed by atoms with Crippen molar-refractivity contribution in [3.05, 3.63) is 23.8 Å². The van der Waals surface area contributed by atoms with Crippen molar-refractivity contribution in [1.29, 1.82) is 0 Å². The molecule has 1 aliphatic heterocycles. The normalized spacial score (nSPS) is 16.9. The zero-order valence-corrected chi connectivity index (χ0v) is 11.4. The van der Waals surface area contributed by atoms with Crippen molar-refractivity contribution in [2.45, 2.75) is 0 Å². The number of carbonyl (C=O) groups excluding carboxylic acids is 1. The molecule has 2 rings (SSSR count). The summed E-state index contributed by atoms with van der Waals surface area (Å²) in [6.07, 6.45) is 1.55. The van der Waals surface area contributed by atoms with Crippen LogP contribution in [0.1, 0.15) is 5.56 Å². The molecule has 100 valence electrons. The highest BCUT2D eigenvalue weighted by molar-refractivity contribution is 8.15. The van der Waals surface area contributed by atoms with Crippen LogP contribution in [0.4, 0.5) is 0 Å². The molecular formula is C12H13N3O3S. The monoisotopic (exact) mass is 279 g/mol. The van der Waals surface area contributed by atoms with Gasteiger partial charge in [0.15, 0.2) is 16.7 Å². The van der Waals surface area contributed by atoms with Gasteiger partial charge in [-0.25, -0.2) is 0 Å². The van der Waals surface area contributed by atoms with E-state index in [1.54, 1.807) is 26.5 Å². The fourth-order valence-electron chi connectivity index (χ4n) is 1.54. The van der Waals surface area contributed by atoms with Crippen molar-refractivity contribution < 1.29 is 14.3 Å². The third kappa shape index (κ3) is 3.25. The van der Waals surface area contributed by atoms with E-state index in [1.165, 1.54) is 11.8 Å². The van der Waals surface area contributed by atoms with Crippen LogP contribution in [-0.4, -0.2) is 37.3 Å². The van der Waals surface area contributed by atoms with Crippen molar-refractivity contribution in [2.75, 3.05) is 20.0 Å². The van der Waals surface area contributed by atoms with Crippen molar-refractivity contribution in [3.8, 4) is 11.5 Å². The summed E-state index contributed by atoms with van der Waals surface area (Å²) in [4.78, 5) is 11.0. The quantitative estimate of drug-likeness (QED) is 0.665. The van der Waals surface area contributed by atoms with Crippen LogP contribution in [-0.2, 0) is 4.79 Å². The average molecular weight is 279 g/mol. The molecule has 0 aliphatic carbocycles. The van der Waals surface area contributed by atoms with E-state index in [1.807, 2.05) is 12.1 Å². The summed E-state index contributed by atoms with van der Waals surface area (Å²) in [6.45, 7) is 0. The molecule has 7 heteroatoms. The number of para-hydroxylation sites is 1. The number of hydrogen-bond acceptors (Lipinski definition) is 6. The number of amidine groups is 1. The van der Waals surface area contributed by atoms with Gasteiger partial charge in [-0.15, -0.1) is 5.10 Å². The van der Waals surface area contributed by atoms with Gasteiger partial charge in [-0.3, -0.25) is 4.79 Å². The molecule has 1 amide bonds. The van der Waals surface area contributed by atoms with Crippen molar-refractivity contribution in [1.82, 2.24) is 5.32 Å². The molecule has 1 aliphatic rings. The number of nitrogens with zero attached hydrogens (tertiary/aromatic N) is 2. The minimum Gasteiger partial charge on any atom is -0.493 e. The van der Waals surface area contributed by atoms with Crippen LogP contribution in [0.5, 0.6) is 11.5 Å². The molecule has 0 aromatic heterocycles. The summed E-state index contributed by atoms with van der Waals surface area (Å²) in [6, 6.07) is 5.47. The van der Waals surface area contributed by atoms with Gasteiger partial charge >= 0.3 is 0 Å². The van der Waals surface area contributed by atoms with E-state index in [2.05, 4.69) is 15.5 Å². The summed E-state index contributed by atoms with van der Waals surface area (Å²) >= 11 is 1.32. The molecule has 1 fully saturated rings. The maximum absolute atomic E-state index is 11.0. The van der Waals surface area contributed by atoms with E-state index >= 15 is 0 Å². The zero-order valence-electron chi connectivity index (χ0n) is 10.5. The molecule has 0 spiro atoms. The number of carbonyl (C=O) groups is 1. The summed E-state index contributed by atoms with van der Waals surface area (Å²) in [5, 5.41) is 11.0. The Balaban J connectivity index is 2.17. The van der Waals surface area contributed by atoms with Crippen molar-refractivity contribution in [3.63, 3.8) is 0 Å². The Morgan fingerprint density at radius 3 is 2.84 bits per heavy atom. The average Bonchev–Trinajstić information content (AvgIpc) is 2.84. The Kier molecular flexibility index (Phi) is 4.40. The number of rotatable bonds is 4. The highest BCUT2D eigenvalue weighted by Crippen LogP contribution is 2.29. The first-order chi connectivity index (χ1) is 9.24. The summed E-state index contributed by atoms with van der Waals surface area (Å²) in [5.41, 5.74) is 0.750. The molecule has 0 bridgehead atoms. The van der Waals surface area contributed by atoms with Gasteiger partial charge in [0.05, 0.1) is 26.2 Å². The summed E-state index contributed by atoms with van der Waals surface area (Å²) < 4.78 is 10.5. The predicted octanol–water partition coefficient (Wildman–Crippen LogP) is 1.26. The molecule has 1 saturated heterocycles. The fraction of sp³-hybridized carbons (Fsp3) is 0.250. The van der Waals surface area contributed by atoms with Crippen LogP contribution in [0.25, 0.3) is 0 Å². The molecule has 6 nitrogen and oxygen atoms in total. The lowest BCUT2D eigenvalue weighted by molar-refractivity contribution is -0.116. The Hall–Kier alpha value is -2.02. The Bertz CT molecular complexity index is 543. The van der Waals surface area contributed by atoms with Crippen molar-refractivity contribution in [2.24, 2.45) is 10.2 Å². The van der Waals surface area contributed by atoms with E-state index in [4.69, 9.17) is 9.47 Å². The van der Waals surface area contributed by atoms with Crippen molar-refractivity contribution >= 4 is 29.1 Å². The molecular weight excluding hydrogens is 266 g/mol. The van der Waals surface area contributed by atoms with E-state index in [9.17, 15) is 4.79 Å². The number of nitrogens with one attached hydrogen (secondary N) is 1. The molecule has 1 aromatic carbocycles. The second-order valence-electron chi connectivity index (χ2n) is 3.57. The third-order valence-corrected chi connectivity index (χ3v) is 3.23. The number of amides is 1. The van der Waals surface area contributed by atoms with E-state index in [0.717, 1.165) is 5.56 Å². The topological polar surface area (TPSA) is 72.3 Å². The summed E-state index contributed by atoms with van der Waals surface area (Å²) in [5.74, 6) is 1.55. The minimum atomic E-state index is -0.0575. The first kappa shape index (κ1) is 13.4. The van der Waals surface area contributed by atoms with Gasteiger partial charge in [-0.2, -0.15) is 5.10 Å². The van der Waals surface area contributed by atoms with Gasteiger partial charge in [0.2, 0.25) is 5.91 Å². The number of ether oxygens (including phenoxy) is 2. The van der Waals surface area contributed by atoms with Crippen LogP contribution < -0.4 is 14.8 Å². The predicted molar refractivity (Wildman–Crippen MR) is 75.2 cm³/mol.